The van der Waals surface area contributed by atoms with E-state index in [1.165, 1.54) is 0 Å². The van der Waals surface area contributed by atoms with Gasteiger partial charge >= 0.3 is 5.97 Å². The molecule has 0 spiro atoms. The first-order chi connectivity index (χ1) is 13.7. The van der Waals surface area contributed by atoms with E-state index in [1.807, 2.05) is 71.4 Å². The lowest BCUT2D eigenvalue weighted by Gasteiger charge is -2.28. The lowest BCUT2D eigenvalue weighted by Crippen LogP contribution is -2.25. The highest BCUT2D eigenvalue weighted by Crippen LogP contribution is 2.38. The van der Waals surface area contributed by atoms with Crippen molar-refractivity contribution < 1.29 is 9.90 Å². The van der Waals surface area contributed by atoms with Gasteiger partial charge in [0, 0.05) is 16.8 Å². The molecule has 0 saturated carbocycles. The number of nitrogens with zero attached hydrogens (tertiary/aromatic N) is 3. The minimum atomic E-state index is -0.943. The van der Waals surface area contributed by atoms with Crippen molar-refractivity contribution in [2.45, 2.75) is 6.17 Å². The van der Waals surface area contributed by atoms with Gasteiger partial charge in [-0.05, 0) is 29.8 Å². The van der Waals surface area contributed by atoms with E-state index in [0.29, 0.717) is 5.82 Å². The van der Waals surface area contributed by atoms with Gasteiger partial charge in [0.15, 0.2) is 11.6 Å². The van der Waals surface area contributed by atoms with E-state index < -0.39 is 5.97 Å². The molecule has 1 aromatic heterocycles. The van der Waals surface area contributed by atoms with Gasteiger partial charge in [-0.15, -0.1) is 5.10 Å². The molecule has 1 aliphatic heterocycles. The van der Waals surface area contributed by atoms with Gasteiger partial charge in [-0.2, -0.15) is 0 Å². The molecule has 3 aromatic carbocycles. The van der Waals surface area contributed by atoms with Gasteiger partial charge in [-0.3, -0.25) is 0 Å². The predicted octanol–water partition coefficient (Wildman–Crippen LogP) is 4.28. The number of nitrogens with one attached hydrogen (secondary N) is 1. The smallest absolute Gasteiger partial charge is 0.335 e. The number of benzene rings is 3. The van der Waals surface area contributed by atoms with Gasteiger partial charge < -0.3 is 10.4 Å². The van der Waals surface area contributed by atoms with Crippen LogP contribution in [0, 0.1) is 0 Å². The molecule has 1 unspecified atom stereocenters. The predicted molar refractivity (Wildman–Crippen MR) is 106 cm³/mol. The fraction of sp³-hybridized carbons (Fsp3) is 0.0455. The second-order valence-electron chi connectivity index (χ2n) is 6.59. The van der Waals surface area contributed by atoms with Crippen LogP contribution in [0.5, 0.6) is 0 Å². The molecule has 6 heteroatoms. The average Bonchev–Trinajstić information content (AvgIpc) is 3.20. The standard InChI is InChI=1S/C22H16N4O2/c27-22(28)16-12-10-15(11-13-16)20-23-18-9-5-4-8-17(18)21-24-19(25-26(20)21)14-6-2-1-3-7-14/h1-13,20,23H,(H,27,28). The number of carbonyl (C=O) groups is 1. The maximum Gasteiger partial charge on any atom is 0.335 e. The summed E-state index contributed by atoms with van der Waals surface area (Å²) in [5, 5.41) is 17.4. The summed E-state index contributed by atoms with van der Waals surface area (Å²) in [6, 6.07) is 24.7. The molecule has 6 nitrogen and oxygen atoms in total. The summed E-state index contributed by atoms with van der Waals surface area (Å²) >= 11 is 0. The summed E-state index contributed by atoms with van der Waals surface area (Å²) in [6.07, 6.45) is -0.280. The van der Waals surface area contributed by atoms with Crippen LogP contribution in [0.2, 0.25) is 0 Å². The SMILES string of the molecule is O=C(O)c1ccc(C2Nc3ccccc3-c3nc(-c4ccccc4)nn32)cc1. The van der Waals surface area contributed by atoms with Gasteiger partial charge in [-0.1, -0.05) is 54.6 Å². The van der Waals surface area contributed by atoms with Crippen LogP contribution in [-0.2, 0) is 0 Å². The van der Waals surface area contributed by atoms with Crippen LogP contribution in [0.1, 0.15) is 22.1 Å². The second kappa shape index (κ2) is 6.35. The molecule has 2 N–H and O–H groups in total. The van der Waals surface area contributed by atoms with E-state index >= 15 is 0 Å². The molecular weight excluding hydrogens is 352 g/mol. The Morgan fingerprint density at radius 3 is 2.39 bits per heavy atom. The highest BCUT2D eigenvalue weighted by atomic mass is 16.4. The van der Waals surface area contributed by atoms with E-state index in [9.17, 15) is 4.79 Å². The zero-order valence-corrected chi connectivity index (χ0v) is 14.8. The zero-order chi connectivity index (χ0) is 19.1. The van der Waals surface area contributed by atoms with Crippen molar-refractivity contribution in [3.05, 3.63) is 90.0 Å². The maximum absolute atomic E-state index is 11.2. The third kappa shape index (κ3) is 2.63. The Bertz CT molecular complexity index is 1170. The molecule has 0 amide bonds. The van der Waals surface area contributed by atoms with Crippen molar-refractivity contribution in [2.24, 2.45) is 0 Å². The van der Waals surface area contributed by atoms with Crippen LogP contribution in [-0.4, -0.2) is 25.8 Å². The highest BCUT2D eigenvalue weighted by molar-refractivity contribution is 5.87. The van der Waals surface area contributed by atoms with E-state index in [0.717, 1.165) is 28.2 Å². The summed E-state index contributed by atoms with van der Waals surface area (Å²) < 4.78 is 1.86. The van der Waals surface area contributed by atoms with Gasteiger partial charge in [0.2, 0.25) is 0 Å². The number of hydrogen-bond donors (Lipinski definition) is 2. The molecule has 4 aromatic rings. The Labute approximate surface area is 161 Å². The van der Waals surface area contributed by atoms with Gasteiger partial charge in [0.1, 0.15) is 6.17 Å². The lowest BCUT2D eigenvalue weighted by molar-refractivity contribution is 0.0697. The monoisotopic (exact) mass is 368 g/mol. The number of para-hydroxylation sites is 1. The molecule has 0 fully saturated rings. The molecule has 28 heavy (non-hydrogen) atoms. The second-order valence-corrected chi connectivity index (χ2v) is 6.59. The fourth-order valence-corrected chi connectivity index (χ4v) is 3.44. The molecule has 136 valence electrons. The lowest BCUT2D eigenvalue weighted by atomic mass is 10.1. The molecule has 1 atom stereocenters. The van der Waals surface area contributed by atoms with Crippen LogP contribution in [0.3, 0.4) is 0 Å². The topological polar surface area (TPSA) is 80.0 Å². The van der Waals surface area contributed by atoms with Crippen LogP contribution in [0.25, 0.3) is 22.8 Å². The third-order valence-electron chi connectivity index (χ3n) is 4.84. The fourth-order valence-electron chi connectivity index (χ4n) is 3.44. The number of aromatic nitrogens is 3. The van der Waals surface area contributed by atoms with Gasteiger partial charge in [0.05, 0.1) is 5.56 Å². The number of aromatic carboxylic acids is 1. The van der Waals surface area contributed by atoms with Crippen LogP contribution >= 0.6 is 0 Å². The molecule has 0 bridgehead atoms. The number of fused-ring (bicyclic) bond motifs is 3. The molecule has 0 radical (unpaired) electrons. The summed E-state index contributed by atoms with van der Waals surface area (Å²) in [5.74, 6) is 0.489. The minimum absolute atomic E-state index is 0.253. The van der Waals surface area contributed by atoms with Crippen molar-refractivity contribution in [3.63, 3.8) is 0 Å². The molecule has 2 heterocycles. The molecule has 5 rings (SSSR count). The largest absolute Gasteiger partial charge is 0.478 e. The van der Waals surface area contributed by atoms with E-state index in [4.69, 9.17) is 15.2 Å². The number of hydrogen-bond acceptors (Lipinski definition) is 4. The Balaban J connectivity index is 1.65. The van der Waals surface area contributed by atoms with Crippen molar-refractivity contribution in [1.82, 2.24) is 14.8 Å². The number of carboxylic acid groups (broad SMARTS) is 1. The van der Waals surface area contributed by atoms with Crippen LogP contribution < -0.4 is 5.32 Å². The third-order valence-corrected chi connectivity index (χ3v) is 4.84. The van der Waals surface area contributed by atoms with Crippen molar-refractivity contribution >= 4 is 11.7 Å². The maximum atomic E-state index is 11.2. The zero-order valence-electron chi connectivity index (χ0n) is 14.8. The summed E-state index contributed by atoms with van der Waals surface area (Å²) in [6.45, 7) is 0. The van der Waals surface area contributed by atoms with Gasteiger partial charge in [-0.25, -0.2) is 14.5 Å². The van der Waals surface area contributed by atoms with Gasteiger partial charge in [0.25, 0.3) is 0 Å². The number of anilines is 1. The number of carboxylic acids is 1. The minimum Gasteiger partial charge on any atom is -0.478 e. The van der Waals surface area contributed by atoms with Crippen LogP contribution in [0.15, 0.2) is 78.9 Å². The van der Waals surface area contributed by atoms with E-state index in [-0.39, 0.29) is 11.7 Å². The molecule has 0 saturated heterocycles. The number of rotatable bonds is 3. The summed E-state index contributed by atoms with van der Waals surface area (Å²) in [4.78, 5) is 16.0. The summed E-state index contributed by atoms with van der Waals surface area (Å²) in [7, 11) is 0. The van der Waals surface area contributed by atoms with E-state index in [1.54, 1.807) is 12.1 Å². The van der Waals surface area contributed by atoms with Crippen molar-refractivity contribution in [1.29, 1.82) is 0 Å². The Morgan fingerprint density at radius 1 is 0.929 bits per heavy atom. The first kappa shape index (κ1) is 16.3. The first-order valence-electron chi connectivity index (χ1n) is 8.92. The first-order valence-corrected chi connectivity index (χ1v) is 8.92. The highest BCUT2D eigenvalue weighted by Gasteiger charge is 2.28. The Hall–Kier alpha value is -3.93. The van der Waals surface area contributed by atoms with Crippen LogP contribution in [0.4, 0.5) is 5.69 Å². The molecule has 1 aliphatic rings. The molecular formula is C22H16N4O2. The normalized spacial score (nSPS) is 14.6. The van der Waals surface area contributed by atoms with Crippen molar-refractivity contribution in [3.8, 4) is 22.8 Å². The Kier molecular flexibility index (Phi) is 3.69. The average molecular weight is 368 g/mol. The molecule has 0 aliphatic carbocycles. The summed E-state index contributed by atoms with van der Waals surface area (Å²) in [5.41, 5.74) is 4.06. The van der Waals surface area contributed by atoms with E-state index in [2.05, 4.69) is 5.32 Å². The Morgan fingerprint density at radius 2 is 1.64 bits per heavy atom. The quantitative estimate of drug-likeness (QED) is 0.564. The van der Waals surface area contributed by atoms with Crippen molar-refractivity contribution in [2.75, 3.05) is 5.32 Å².